The van der Waals surface area contributed by atoms with Crippen molar-refractivity contribution in [2.75, 3.05) is 6.26 Å². The van der Waals surface area contributed by atoms with Gasteiger partial charge < -0.3 is 10.6 Å². The maximum absolute atomic E-state index is 5.25. The molecule has 0 saturated heterocycles. The van der Waals surface area contributed by atoms with Gasteiger partial charge in [-0.3, -0.25) is 0 Å². The molecule has 0 spiro atoms. The summed E-state index contributed by atoms with van der Waals surface area (Å²) in [6.07, 6.45) is 8.67. The van der Waals surface area contributed by atoms with Crippen LogP contribution in [0.25, 0.3) is 0 Å². The first kappa shape index (κ1) is 10.6. The normalized spacial score (nSPS) is 31.5. The van der Waals surface area contributed by atoms with Gasteiger partial charge in [0.25, 0.3) is 0 Å². The molecule has 80 valence electrons. The van der Waals surface area contributed by atoms with Gasteiger partial charge in [-0.25, -0.2) is 0 Å². The minimum absolute atomic E-state index is 0.617. The fourth-order valence-electron chi connectivity index (χ4n) is 1.93. The average Bonchev–Trinajstić information content (AvgIpc) is 2.83. The lowest BCUT2D eigenvalue weighted by Gasteiger charge is -2.15. The summed E-state index contributed by atoms with van der Waals surface area (Å²) in [4.78, 5) is 0. The number of thiocarbonyl (C=S) groups is 1. The molecule has 2 saturated carbocycles. The van der Waals surface area contributed by atoms with Crippen molar-refractivity contribution in [3.8, 4) is 0 Å². The zero-order valence-corrected chi connectivity index (χ0v) is 10.2. The van der Waals surface area contributed by atoms with Crippen LogP contribution >= 0.6 is 24.0 Å². The zero-order valence-electron chi connectivity index (χ0n) is 8.58. The number of rotatable bonds is 3. The highest BCUT2D eigenvalue weighted by Gasteiger charge is 2.26. The first-order chi connectivity index (χ1) is 6.78. The Morgan fingerprint density at radius 1 is 1.14 bits per heavy atom. The molecule has 2 rings (SSSR count). The van der Waals surface area contributed by atoms with Crippen LogP contribution in [-0.4, -0.2) is 28.7 Å². The SMILES string of the molecule is CSC1CCC(NC(=S)NC2CC2)C1. The van der Waals surface area contributed by atoms with E-state index >= 15 is 0 Å². The van der Waals surface area contributed by atoms with E-state index in [1.807, 2.05) is 11.8 Å². The predicted octanol–water partition coefficient (Wildman–Crippen LogP) is 1.90. The summed E-state index contributed by atoms with van der Waals surface area (Å²) in [5, 5.41) is 8.47. The van der Waals surface area contributed by atoms with E-state index in [9.17, 15) is 0 Å². The lowest BCUT2D eigenvalue weighted by molar-refractivity contribution is 0.622. The highest BCUT2D eigenvalue weighted by atomic mass is 32.2. The second kappa shape index (κ2) is 4.71. The molecule has 0 aromatic rings. The van der Waals surface area contributed by atoms with Crippen molar-refractivity contribution in [3.63, 3.8) is 0 Å². The molecule has 0 amide bonds. The van der Waals surface area contributed by atoms with Crippen molar-refractivity contribution < 1.29 is 0 Å². The van der Waals surface area contributed by atoms with Crippen LogP contribution in [0.2, 0.25) is 0 Å². The van der Waals surface area contributed by atoms with E-state index in [4.69, 9.17) is 12.2 Å². The van der Waals surface area contributed by atoms with E-state index in [1.165, 1.54) is 32.1 Å². The van der Waals surface area contributed by atoms with Crippen LogP contribution in [0.5, 0.6) is 0 Å². The van der Waals surface area contributed by atoms with Crippen molar-refractivity contribution in [1.82, 2.24) is 10.6 Å². The molecule has 4 heteroatoms. The van der Waals surface area contributed by atoms with Crippen LogP contribution in [0.3, 0.4) is 0 Å². The lowest BCUT2D eigenvalue weighted by Crippen LogP contribution is -2.41. The summed E-state index contributed by atoms with van der Waals surface area (Å²) >= 11 is 7.24. The van der Waals surface area contributed by atoms with Gasteiger partial charge in [0.05, 0.1) is 0 Å². The topological polar surface area (TPSA) is 24.1 Å². The van der Waals surface area contributed by atoms with Crippen molar-refractivity contribution >= 4 is 29.1 Å². The van der Waals surface area contributed by atoms with Gasteiger partial charge in [0.1, 0.15) is 0 Å². The van der Waals surface area contributed by atoms with Crippen molar-refractivity contribution in [2.24, 2.45) is 0 Å². The molecule has 0 bridgehead atoms. The van der Waals surface area contributed by atoms with Gasteiger partial charge in [-0.1, -0.05) is 0 Å². The standard InChI is InChI=1S/C10H18N2S2/c1-14-9-5-4-8(6-9)12-10(13)11-7-2-3-7/h7-9H,2-6H2,1H3,(H2,11,12,13). The Labute approximate surface area is 95.6 Å². The number of nitrogens with one attached hydrogen (secondary N) is 2. The molecule has 0 aliphatic heterocycles. The van der Waals surface area contributed by atoms with Gasteiger partial charge in [-0.2, -0.15) is 11.8 Å². The second-order valence-corrected chi connectivity index (χ2v) is 5.81. The monoisotopic (exact) mass is 230 g/mol. The van der Waals surface area contributed by atoms with E-state index in [2.05, 4.69) is 16.9 Å². The molecule has 2 atom stereocenters. The smallest absolute Gasteiger partial charge is 0.166 e. The number of hydrogen-bond acceptors (Lipinski definition) is 2. The molecule has 2 unspecified atom stereocenters. The zero-order chi connectivity index (χ0) is 9.97. The van der Waals surface area contributed by atoms with E-state index in [1.54, 1.807) is 0 Å². The summed E-state index contributed by atoms with van der Waals surface area (Å²) in [5.74, 6) is 0. The third kappa shape index (κ3) is 3.02. The molecule has 14 heavy (non-hydrogen) atoms. The van der Waals surface area contributed by atoms with Crippen LogP contribution < -0.4 is 10.6 Å². The van der Waals surface area contributed by atoms with E-state index in [-0.39, 0.29) is 0 Å². The fraction of sp³-hybridized carbons (Fsp3) is 0.900. The van der Waals surface area contributed by atoms with Crippen LogP contribution in [-0.2, 0) is 0 Å². The summed E-state index contributed by atoms with van der Waals surface area (Å²) < 4.78 is 0. The van der Waals surface area contributed by atoms with Crippen molar-refractivity contribution in [3.05, 3.63) is 0 Å². The Balaban J connectivity index is 1.66. The Bertz CT molecular complexity index is 216. The molecule has 0 aromatic heterocycles. The molecule has 0 aromatic carbocycles. The molecule has 0 radical (unpaired) electrons. The molecule has 2 aliphatic rings. The number of thioether (sulfide) groups is 1. The Kier molecular flexibility index (Phi) is 3.55. The lowest BCUT2D eigenvalue weighted by atomic mass is 10.2. The van der Waals surface area contributed by atoms with Crippen molar-refractivity contribution in [1.29, 1.82) is 0 Å². The summed E-state index contributed by atoms with van der Waals surface area (Å²) in [6, 6.07) is 1.29. The fourth-order valence-corrected chi connectivity index (χ4v) is 3.06. The maximum atomic E-state index is 5.25. The largest absolute Gasteiger partial charge is 0.360 e. The Morgan fingerprint density at radius 3 is 2.36 bits per heavy atom. The van der Waals surface area contributed by atoms with Gasteiger partial charge in [0, 0.05) is 17.3 Å². The molecular weight excluding hydrogens is 212 g/mol. The summed E-state index contributed by atoms with van der Waals surface area (Å²) in [6.45, 7) is 0. The quantitative estimate of drug-likeness (QED) is 0.723. The minimum atomic E-state index is 0.617. The van der Waals surface area contributed by atoms with E-state index in [0.717, 1.165) is 10.4 Å². The first-order valence-corrected chi connectivity index (χ1v) is 7.07. The van der Waals surface area contributed by atoms with Gasteiger partial charge in [0.2, 0.25) is 0 Å². The molecule has 2 nitrogen and oxygen atoms in total. The average molecular weight is 230 g/mol. The molecule has 0 heterocycles. The predicted molar refractivity (Wildman–Crippen MR) is 66.8 cm³/mol. The van der Waals surface area contributed by atoms with Crippen LogP contribution in [0.15, 0.2) is 0 Å². The van der Waals surface area contributed by atoms with Gasteiger partial charge in [-0.05, 0) is 50.6 Å². The first-order valence-electron chi connectivity index (χ1n) is 5.37. The minimum Gasteiger partial charge on any atom is -0.360 e. The van der Waals surface area contributed by atoms with Crippen LogP contribution in [0, 0.1) is 0 Å². The summed E-state index contributed by atoms with van der Waals surface area (Å²) in [5.41, 5.74) is 0. The second-order valence-electron chi connectivity index (χ2n) is 4.26. The van der Waals surface area contributed by atoms with Crippen LogP contribution in [0.4, 0.5) is 0 Å². The van der Waals surface area contributed by atoms with Gasteiger partial charge in [-0.15, -0.1) is 0 Å². The van der Waals surface area contributed by atoms with Gasteiger partial charge >= 0.3 is 0 Å². The Hall–Kier alpha value is 0.0400. The van der Waals surface area contributed by atoms with Gasteiger partial charge in [0.15, 0.2) is 5.11 Å². The van der Waals surface area contributed by atoms with Crippen molar-refractivity contribution in [2.45, 2.75) is 49.4 Å². The highest BCUT2D eigenvalue weighted by molar-refractivity contribution is 7.99. The summed E-state index contributed by atoms with van der Waals surface area (Å²) in [7, 11) is 0. The van der Waals surface area contributed by atoms with E-state index < -0.39 is 0 Å². The number of hydrogen-bond donors (Lipinski definition) is 2. The molecular formula is C10H18N2S2. The molecule has 2 aliphatic carbocycles. The van der Waals surface area contributed by atoms with E-state index in [0.29, 0.717) is 12.1 Å². The molecule has 2 fully saturated rings. The third-order valence-electron chi connectivity index (χ3n) is 2.97. The van der Waals surface area contributed by atoms with Crippen LogP contribution in [0.1, 0.15) is 32.1 Å². The highest BCUT2D eigenvalue weighted by Crippen LogP contribution is 2.28. The Morgan fingerprint density at radius 2 is 1.79 bits per heavy atom. The molecule has 2 N–H and O–H groups in total. The third-order valence-corrected chi connectivity index (χ3v) is 4.30. The maximum Gasteiger partial charge on any atom is 0.166 e.